The summed E-state index contributed by atoms with van der Waals surface area (Å²) in [6.07, 6.45) is 4.37. The van der Waals surface area contributed by atoms with Gasteiger partial charge in [0.1, 0.15) is 0 Å². The molecule has 2 N–H and O–H groups in total. The summed E-state index contributed by atoms with van der Waals surface area (Å²) in [4.78, 5) is 14.2. The highest BCUT2D eigenvalue weighted by atomic mass is 35.5. The number of aryl methyl sites for hydroxylation is 1. The van der Waals surface area contributed by atoms with Crippen LogP contribution in [0.5, 0.6) is 0 Å². The Morgan fingerprint density at radius 3 is 2.95 bits per heavy atom. The molecule has 1 aliphatic heterocycles. The lowest BCUT2D eigenvalue weighted by Gasteiger charge is -2.34. The highest BCUT2D eigenvalue weighted by molar-refractivity contribution is 7.20. The quantitative estimate of drug-likeness (QED) is 0.874. The molecule has 1 fully saturated rings. The van der Waals surface area contributed by atoms with Crippen LogP contribution in [-0.4, -0.2) is 29.9 Å². The summed E-state index contributed by atoms with van der Waals surface area (Å²) >= 11 is 13.4. The molecule has 0 aliphatic carbocycles. The Bertz CT molecular complexity index is 490. The van der Waals surface area contributed by atoms with Crippen LogP contribution in [0.3, 0.4) is 0 Å². The normalized spacial score (nSPS) is 20.6. The number of hydrogen-bond donors (Lipinski definition) is 1. The molecule has 0 radical (unpaired) electrons. The Morgan fingerprint density at radius 1 is 1.57 bits per heavy atom. The number of likely N-dealkylation sites (tertiary alicyclic amines) is 1. The van der Waals surface area contributed by atoms with Crippen LogP contribution in [-0.2, 0) is 11.2 Å². The standard InChI is InChI=1S/C15H22Cl2N2OS/c1-10(18)12-5-3-7-19(9-12)14(20)6-2-4-11-8-13(16)21-15(11)17/h8,10,12H,2-7,9,18H2,1H3/t10-,12-/m0/s1. The van der Waals surface area contributed by atoms with Crippen molar-refractivity contribution in [3.8, 4) is 0 Å². The Labute approximate surface area is 140 Å². The molecule has 2 atom stereocenters. The summed E-state index contributed by atoms with van der Waals surface area (Å²) in [6, 6.07) is 2.05. The topological polar surface area (TPSA) is 46.3 Å². The molecule has 6 heteroatoms. The first kappa shape index (κ1) is 17.1. The Morgan fingerprint density at radius 2 is 2.33 bits per heavy atom. The summed E-state index contributed by atoms with van der Waals surface area (Å²) in [5.74, 6) is 0.672. The third-order valence-corrected chi connectivity index (χ3v) is 5.69. The van der Waals surface area contributed by atoms with Gasteiger partial charge in [-0.05, 0) is 50.2 Å². The molecular weight excluding hydrogens is 327 g/mol. The molecule has 1 amide bonds. The smallest absolute Gasteiger partial charge is 0.222 e. The number of nitrogens with two attached hydrogens (primary N) is 1. The molecule has 118 valence electrons. The van der Waals surface area contributed by atoms with Gasteiger partial charge < -0.3 is 10.6 Å². The third-order valence-electron chi connectivity index (χ3n) is 4.12. The molecule has 0 unspecified atom stereocenters. The number of rotatable bonds is 5. The number of nitrogens with zero attached hydrogens (tertiary/aromatic N) is 1. The first-order valence-electron chi connectivity index (χ1n) is 7.44. The molecule has 1 aromatic rings. The van der Waals surface area contributed by atoms with Crippen molar-refractivity contribution in [2.24, 2.45) is 11.7 Å². The van der Waals surface area contributed by atoms with E-state index in [2.05, 4.69) is 0 Å². The molecule has 1 saturated heterocycles. The van der Waals surface area contributed by atoms with Gasteiger partial charge in [0, 0.05) is 25.6 Å². The van der Waals surface area contributed by atoms with Crippen LogP contribution in [0.2, 0.25) is 8.67 Å². The largest absolute Gasteiger partial charge is 0.342 e. The van der Waals surface area contributed by atoms with Crippen molar-refractivity contribution in [3.63, 3.8) is 0 Å². The van der Waals surface area contributed by atoms with Gasteiger partial charge in [-0.3, -0.25) is 4.79 Å². The van der Waals surface area contributed by atoms with Gasteiger partial charge in [0.25, 0.3) is 0 Å². The van der Waals surface area contributed by atoms with Gasteiger partial charge in [-0.25, -0.2) is 0 Å². The van der Waals surface area contributed by atoms with Crippen molar-refractivity contribution in [3.05, 3.63) is 20.3 Å². The fourth-order valence-electron chi connectivity index (χ4n) is 2.80. The summed E-state index contributed by atoms with van der Waals surface area (Å²) in [6.45, 7) is 3.70. The fraction of sp³-hybridized carbons (Fsp3) is 0.667. The van der Waals surface area contributed by atoms with E-state index in [0.717, 1.165) is 48.7 Å². The van der Waals surface area contributed by atoms with Crippen LogP contribution in [0, 0.1) is 5.92 Å². The van der Waals surface area contributed by atoms with E-state index in [1.165, 1.54) is 11.3 Å². The summed E-state index contributed by atoms with van der Waals surface area (Å²) < 4.78 is 1.44. The number of thiophene rings is 1. The number of amides is 1. The van der Waals surface area contributed by atoms with Crippen molar-refractivity contribution in [2.45, 2.75) is 45.1 Å². The zero-order chi connectivity index (χ0) is 15.4. The van der Waals surface area contributed by atoms with E-state index in [1.54, 1.807) is 0 Å². The molecule has 2 heterocycles. The third kappa shape index (κ3) is 4.85. The van der Waals surface area contributed by atoms with E-state index < -0.39 is 0 Å². The van der Waals surface area contributed by atoms with E-state index in [1.807, 2.05) is 17.9 Å². The van der Waals surface area contributed by atoms with Gasteiger partial charge in [0.05, 0.1) is 8.67 Å². The second kappa shape index (κ2) is 7.82. The number of carbonyl (C=O) groups is 1. The van der Waals surface area contributed by atoms with Gasteiger partial charge in [-0.2, -0.15) is 0 Å². The van der Waals surface area contributed by atoms with E-state index in [-0.39, 0.29) is 11.9 Å². The minimum atomic E-state index is 0.160. The molecule has 0 spiro atoms. The average molecular weight is 349 g/mol. The van der Waals surface area contributed by atoms with E-state index in [4.69, 9.17) is 28.9 Å². The second-order valence-corrected chi connectivity index (χ2v) is 8.09. The highest BCUT2D eigenvalue weighted by Gasteiger charge is 2.25. The predicted molar refractivity (Wildman–Crippen MR) is 90.2 cm³/mol. The molecule has 0 aromatic carbocycles. The SMILES string of the molecule is C[C@H](N)[C@H]1CCCN(C(=O)CCCc2cc(Cl)sc2Cl)C1. The highest BCUT2D eigenvalue weighted by Crippen LogP contribution is 2.32. The second-order valence-electron chi connectivity index (χ2n) is 5.80. The number of halogens is 2. The van der Waals surface area contributed by atoms with Crippen molar-refractivity contribution in [1.82, 2.24) is 4.90 Å². The van der Waals surface area contributed by atoms with Crippen LogP contribution in [0.4, 0.5) is 0 Å². The van der Waals surface area contributed by atoms with Crippen molar-refractivity contribution in [2.75, 3.05) is 13.1 Å². The van der Waals surface area contributed by atoms with Gasteiger partial charge in [-0.15, -0.1) is 11.3 Å². The van der Waals surface area contributed by atoms with Gasteiger partial charge >= 0.3 is 0 Å². The number of piperidine rings is 1. The van der Waals surface area contributed by atoms with Crippen molar-refractivity contribution >= 4 is 40.4 Å². The Kier molecular flexibility index (Phi) is 6.35. The van der Waals surface area contributed by atoms with Crippen LogP contribution in [0.1, 0.15) is 38.2 Å². The Hall–Kier alpha value is -0.290. The molecule has 3 nitrogen and oxygen atoms in total. The van der Waals surface area contributed by atoms with Crippen LogP contribution < -0.4 is 5.73 Å². The summed E-state index contributed by atoms with van der Waals surface area (Å²) in [5, 5.41) is 0. The molecule has 0 saturated carbocycles. The molecule has 2 rings (SSSR count). The van der Waals surface area contributed by atoms with Crippen molar-refractivity contribution in [1.29, 1.82) is 0 Å². The lowest BCUT2D eigenvalue weighted by molar-refractivity contribution is -0.133. The van der Waals surface area contributed by atoms with Crippen molar-refractivity contribution < 1.29 is 4.79 Å². The minimum absolute atomic E-state index is 0.160. The maximum atomic E-state index is 12.3. The Balaban J connectivity index is 1.78. The zero-order valence-electron chi connectivity index (χ0n) is 12.3. The summed E-state index contributed by atoms with van der Waals surface area (Å²) in [5.41, 5.74) is 7.01. The predicted octanol–water partition coefficient (Wildman–Crippen LogP) is 3.96. The fourth-order valence-corrected chi connectivity index (χ4v) is 4.34. The molecule has 1 aliphatic rings. The molecule has 21 heavy (non-hydrogen) atoms. The maximum Gasteiger partial charge on any atom is 0.222 e. The number of hydrogen-bond acceptors (Lipinski definition) is 3. The monoisotopic (exact) mass is 348 g/mol. The minimum Gasteiger partial charge on any atom is -0.342 e. The van der Waals surface area contributed by atoms with E-state index in [0.29, 0.717) is 16.7 Å². The average Bonchev–Trinajstić information content (AvgIpc) is 2.77. The molecular formula is C15H22Cl2N2OS. The van der Waals surface area contributed by atoms with Gasteiger partial charge in [-0.1, -0.05) is 23.2 Å². The zero-order valence-corrected chi connectivity index (χ0v) is 14.6. The van der Waals surface area contributed by atoms with Gasteiger partial charge in [0.15, 0.2) is 0 Å². The van der Waals surface area contributed by atoms with E-state index >= 15 is 0 Å². The number of carbonyl (C=O) groups excluding carboxylic acids is 1. The maximum absolute atomic E-state index is 12.3. The van der Waals surface area contributed by atoms with Crippen LogP contribution >= 0.6 is 34.5 Å². The lowest BCUT2D eigenvalue weighted by atomic mass is 9.92. The molecule has 0 bridgehead atoms. The van der Waals surface area contributed by atoms with E-state index in [9.17, 15) is 4.79 Å². The summed E-state index contributed by atoms with van der Waals surface area (Å²) in [7, 11) is 0. The molecule has 1 aromatic heterocycles. The van der Waals surface area contributed by atoms with Crippen LogP contribution in [0.15, 0.2) is 6.07 Å². The lowest BCUT2D eigenvalue weighted by Crippen LogP contribution is -2.45. The van der Waals surface area contributed by atoms with Gasteiger partial charge in [0.2, 0.25) is 5.91 Å². The first-order chi connectivity index (χ1) is 9.97. The van der Waals surface area contributed by atoms with Crippen LogP contribution in [0.25, 0.3) is 0 Å². The first-order valence-corrected chi connectivity index (χ1v) is 9.01.